The summed E-state index contributed by atoms with van der Waals surface area (Å²) in [6.07, 6.45) is 6.83. The van der Waals surface area contributed by atoms with Gasteiger partial charge in [-0.25, -0.2) is 0 Å². The van der Waals surface area contributed by atoms with E-state index in [0.29, 0.717) is 22.8 Å². The number of thioether (sulfide) groups is 1. The Hall–Kier alpha value is -3.60. The highest BCUT2D eigenvalue weighted by Gasteiger charge is 2.35. The predicted molar refractivity (Wildman–Crippen MR) is 134 cm³/mol. The molecule has 2 amide bonds. The van der Waals surface area contributed by atoms with Gasteiger partial charge in [0.05, 0.1) is 23.6 Å². The van der Waals surface area contributed by atoms with Gasteiger partial charge in [0.1, 0.15) is 19.0 Å². The van der Waals surface area contributed by atoms with E-state index in [-0.39, 0.29) is 40.8 Å². The third-order valence-corrected chi connectivity index (χ3v) is 6.23. The Kier molecular flexibility index (Phi) is 7.31. The predicted octanol–water partition coefficient (Wildman–Crippen LogP) is 5.63. The molecule has 4 rings (SSSR count). The average Bonchev–Trinajstić information content (AvgIpc) is 3.10. The first kappa shape index (κ1) is 23.6. The lowest BCUT2D eigenvalue weighted by atomic mass is 10.1. The standard InChI is InChI=1S/C26H20ClNO5S/c1-3-12-33-24-20(27)14-17(15-22(24)31-2)16-23-25(29)28(26(30)34-23)11-13-32-21-10-6-8-18-7-4-5-9-19(18)21/h1,4-10,14-16H,11-13H2,2H3/b23-16-. The van der Waals surface area contributed by atoms with Gasteiger partial charge in [-0.2, -0.15) is 0 Å². The summed E-state index contributed by atoms with van der Waals surface area (Å²) in [5, 5.41) is 1.95. The van der Waals surface area contributed by atoms with Crippen molar-refractivity contribution in [1.82, 2.24) is 4.90 Å². The van der Waals surface area contributed by atoms with Gasteiger partial charge >= 0.3 is 0 Å². The van der Waals surface area contributed by atoms with Crippen molar-refractivity contribution in [3.8, 4) is 29.6 Å². The second-order valence-corrected chi connectivity index (χ2v) is 8.59. The average molecular weight is 494 g/mol. The Labute approximate surface area is 206 Å². The Morgan fingerprint density at radius 2 is 1.88 bits per heavy atom. The molecule has 1 fully saturated rings. The maximum absolute atomic E-state index is 12.9. The molecule has 0 atom stereocenters. The van der Waals surface area contributed by atoms with Gasteiger partial charge < -0.3 is 14.2 Å². The van der Waals surface area contributed by atoms with Gasteiger partial charge in [-0.05, 0) is 47.0 Å². The molecule has 1 heterocycles. The van der Waals surface area contributed by atoms with Crippen LogP contribution in [0.25, 0.3) is 16.8 Å². The van der Waals surface area contributed by atoms with Crippen molar-refractivity contribution in [3.05, 3.63) is 70.1 Å². The van der Waals surface area contributed by atoms with Gasteiger partial charge in [0.25, 0.3) is 11.1 Å². The van der Waals surface area contributed by atoms with Crippen molar-refractivity contribution in [1.29, 1.82) is 0 Å². The molecule has 0 bridgehead atoms. The normalized spacial score (nSPS) is 14.5. The molecule has 3 aromatic rings. The molecule has 0 radical (unpaired) electrons. The molecule has 0 aliphatic carbocycles. The zero-order valence-electron chi connectivity index (χ0n) is 18.2. The van der Waals surface area contributed by atoms with Crippen LogP contribution in [0, 0.1) is 12.3 Å². The summed E-state index contributed by atoms with van der Waals surface area (Å²) in [5.74, 6) is 3.37. The number of imide groups is 1. The van der Waals surface area contributed by atoms with Crippen LogP contribution in [0.1, 0.15) is 5.56 Å². The van der Waals surface area contributed by atoms with Crippen molar-refractivity contribution in [2.45, 2.75) is 0 Å². The number of hydrogen-bond acceptors (Lipinski definition) is 6. The smallest absolute Gasteiger partial charge is 0.293 e. The van der Waals surface area contributed by atoms with Crippen LogP contribution in [0.15, 0.2) is 59.5 Å². The lowest BCUT2D eigenvalue weighted by Gasteiger charge is -2.14. The molecule has 0 saturated carbocycles. The van der Waals surface area contributed by atoms with E-state index < -0.39 is 0 Å². The number of benzene rings is 3. The van der Waals surface area contributed by atoms with Gasteiger partial charge in [0.2, 0.25) is 0 Å². The van der Waals surface area contributed by atoms with Crippen molar-refractivity contribution >= 4 is 51.4 Å². The molecule has 0 N–H and O–H groups in total. The van der Waals surface area contributed by atoms with Crippen LogP contribution >= 0.6 is 23.4 Å². The van der Waals surface area contributed by atoms with E-state index >= 15 is 0 Å². The zero-order chi connectivity index (χ0) is 24.1. The highest BCUT2D eigenvalue weighted by atomic mass is 35.5. The maximum Gasteiger partial charge on any atom is 0.293 e. The first-order valence-electron chi connectivity index (χ1n) is 10.3. The van der Waals surface area contributed by atoms with Crippen LogP contribution in [0.5, 0.6) is 17.2 Å². The fraction of sp³-hybridized carbons (Fsp3) is 0.154. The summed E-state index contributed by atoms with van der Waals surface area (Å²) >= 11 is 7.17. The van der Waals surface area contributed by atoms with E-state index in [9.17, 15) is 9.59 Å². The van der Waals surface area contributed by atoms with E-state index in [4.69, 9.17) is 32.2 Å². The molecule has 34 heavy (non-hydrogen) atoms. The number of terminal acetylenes is 1. The summed E-state index contributed by atoms with van der Waals surface area (Å²) < 4.78 is 16.6. The minimum absolute atomic E-state index is 0.0369. The summed E-state index contributed by atoms with van der Waals surface area (Å²) in [6.45, 7) is 0.351. The van der Waals surface area contributed by atoms with Crippen molar-refractivity contribution in [2.75, 3.05) is 26.9 Å². The van der Waals surface area contributed by atoms with E-state index in [0.717, 1.165) is 22.5 Å². The molecule has 1 aliphatic heterocycles. The van der Waals surface area contributed by atoms with Gasteiger partial charge in [-0.3, -0.25) is 14.5 Å². The fourth-order valence-corrected chi connectivity index (χ4v) is 4.63. The molecular formula is C26H20ClNO5S. The Morgan fingerprint density at radius 1 is 1.09 bits per heavy atom. The van der Waals surface area contributed by atoms with Crippen molar-refractivity contribution in [2.24, 2.45) is 0 Å². The molecule has 0 aromatic heterocycles. The molecule has 8 heteroatoms. The number of carbonyl (C=O) groups excluding carboxylic acids is 2. The van der Waals surface area contributed by atoms with Crippen LogP contribution in [0.3, 0.4) is 0 Å². The third kappa shape index (κ3) is 4.98. The van der Waals surface area contributed by atoms with E-state index in [1.165, 1.54) is 12.0 Å². The SMILES string of the molecule is C#CCOc1c(Cl)cc(/C=C2\SC(=O)N(CCOc3cccc4ccccc34)C2=O)cc1OC. The van der Waals surface area contributed by atoms with E-state index in [1.54, 1.807) is 18.2 Å². The first-order valence-corrected chi connectivity index (χ1v) is 11.5. The molecule has 6 nitrogen and oxygen atoms in total. The monoisotopic (exact) mass is 493 g/mol. The van der Waals surface area contributed by atoms with Crippen LogP contribution in [0.2, 0.25) is 5.02 Å². The van der Waals surface area contributed by atoms with Gasteiger partial charge in [0.15, 0.2) is 11.5 Å². The minimum Gasteiger partial charge on any atom is -0.493 e. The number of amides is 2. The number of halogens is 1. The van der Waals surface area contributed by atoms with Crippen LogP contribution in [0.4, 0.5) is 4.79 Å². The molecule has 1 aliphatic rings. The van der Waals surface area contributed by atoms with Gasteiger partial charge in [-0.15, -0.1) is 6.42 Å². The Bertz CT molecular complexity index is 1330. The van der Waals surface area contributed by atoms with E-state index in [1.807, 2.05) is 42.5 Å². The summed E-state index contributed by atoms with van der Waals surface area (Å²) in [7, 11) is 1.47. The second kappa shape index (κ2) is 10.6. The number of rotatable bonds is 8. The van der Waals surface area contributed by atoms with Crippen LogP contribution in [-0.2, 0) is 4.79 Å². The number of carbonyl (C=O) groups is 2. The minimum atomic E-state index is -0.390. The summed E-state index contributed by atoms with van der Waals surface area (Å²) in [6, 6.07) is 16.9. The van der Waals surface area contributed by atoms with Crippen LogP contribution in [-0.4, -0.2) is 42.9 Å². The molecule has 0 spiro atoms. The number of nitrogens with zero attached hydrogens (tertiary/aromatic N) is 1. The van der Waals surface area contributed by atoms with Crippen molar-refractivity contribution < 1.29 is 23.8 Å². The largest absolute Gasteiger partial charge is 0.493 e. The number of hydrogen-bond donors (Lipinski definition) is 0. The quantitative estimate of drug-likeness (QED) is 0.299. The number of methoxy groups -OCH3 is 1. The number of ether oxygens (including phenoxy) is 3. The molecule has 1 saturated heterocycles. The summed E-state index contributed by atoms with van der Waals surface area (Å²) in [5.41, 5.74) is 0.590. The Balaban J connectivity index is 1.46. The van der Waals surface area contributed by atoms with Crippen LogP contribution < -0.4 is 14.2 Å². The molecule has 0 unspecified atom stereocenters. The summed E-state index contributed by atoms with van der Waals surface area (Å²) in [4.78, 5) is 26.8. The zero-order valence-corrected chi connectivity index (χ0v) is 19.8. The molecular weight excluding hydrogens is 474 g/mol. The van der Waals surface area contributed by atoms with Crippen molar-refractivity contribution in [3.63, 3.8) is 0 Å². The van der Waals surface area contributed by atoms with Gasteiger partial charge in [0, 0.05) is 5.39 Å². The molecule has 172 valence electrons. The second-order valence-electron chi connectivity index (χ2n) is 7.19. The lowest BCUT2D eigenvalue weighted by Crippen LogP contribution is -2.32. The fourth-order valence-electron chi connectivity index (χ4n) is 3.49. The maximum atomic E-state index is 12.9. The third-order valence-electron chi connectivity index (χ3n) is 5.05. The first-order chi connectivity index (χ1) is 16.5. The highest BCUT2D eigenvalue weighted by Crippen LogP contribution is 2.39. The lowest BCUT2D eigenvalue weighted by molar-refractivity contribution is -0.123. The highest BCUT2D eigenvalue weighted by molar-refractivity contribution is 8.18. The van der Waals surface area contributed by atoms with E-state index in [2.05, 4.69) is 5.92 Å². The number of fused-ring (bicyclic) bond motifs is 1. The Morgan fingerprint density at radius 3 is 2.68 bits per heavy atom. The van der Waals surface area contributed by atoms with Gasteiger partial charge in [-0.1, -0.05) is 53.9 Å². The molecule has 3 aromatic carbocycles. The topological polar surface area (TPSA) is 65.1 Å².